The van der Waals surface area contributed by atoms with Gasteiger partial charge in [0.2, 0.25) is 0 Å². The van der Waals surface area contributed by atoms with Crippen molar-refractivity contribution in [2.75, 3.05) is 19.8 Å². The van der Waals surface area contributed by atoms with Crippen LogP contribution >= 0.6 is 0 Å². The molecule has 0 N–H and O–H groups in total. The molecule has 0 aromatic heterocycles. The van der Waals surface area contributed by atoms with Crippen molar-refractivity contribution in [1.29, 1.82) is 0 Å². The Labute approximate surface area is 160 Å². The predicted molar refractivity (Wildman–Crippen MR) is 111 cm³/mol. The monoisotopic (exact) mass is 374 g/mol. The van der Waals surface area contributed by atoms with E-state index >= 15 is 0 Å². The van der Waals surface area contributed by atoms with Crippen molar-refractivity contribution in [3.05, 3.63) is 0 Å². The highest BCUT2D eigenvalue weighted by atomic mass is 28.3. The highest BCUT2D eigenvalue weighted by molar-refractivity contribution is 6.36. The van der Waals surface area contributed by atoms with Crippen LogP contribution in [0.15, 0.2) is 0 Å². The molecular formula is C21H46O3Si. The molecule has 0 unspecified atom stereocenters. The Morgan fingerprint density at radius 2 is 0.960 bits per heavy atom. The number of rotatable bonds is 19. The molecule has 25 heavy (non-hydrogen) atoms. The first-order valence-electron chi connectivity index (χ1n) is 11.0. The van der Waals surface area contributed by atoms with Crippen LogP contribution in [0.3, 0.4) is 0 Å². The normalized spacial score (nSPS) is 12.2. The summed E-state index contributed by atoms with van der Waals surface area (Å²) < 4.78 is 17.8. The van der Waals surface area contributed by atoms with Crippen molar-refractivity contribution in [1.82, 2.24) is 0 Å². The van der Waals surface area contributed by atoms with Gasteiger partial charge in [-0.3, -0.25) is 0 Å². The van der Waals surface area contributed by atoms with Gasteiger partial charge in [0.1, 0.15) is 0 Å². The van der Waals surface area contributed by atoms with Gasteiger partial charge in [0.15, 0.2) is 0 Å². The molecule has 0 atom stereocenters. The van der Waals surface area contributed by atoms with Gasteiger partial charge in [-0.25, -0.2) is 0 Å². The van der Waals surface area contributed by atoms with E-state index < -0.39 is 9.53 Å². The largest absolute Gasteiger partial charge is 0.484 e. The molecule has 0 aliphatic carbocycles. The maximum absolute atomic E-state index is 6.27. The van der Waals surface area contributed by atoms with Gasteiger partial charge in [-0.05, 0) is 38.5 Å². The molecule has 0 amide bonds. The van der Waals surface area contributed by atoms with E-state index in [0.29, 0.717) is 18.6 Å². The van der Waals surface area contributed by atoms with E-state index in [1.165, 1.54) is 77.0 Å². The summed E-state index contributed by atoms with van der Waals surface area (Å²) in [5.74, 6) is 0. The van der Waals surface area contributed by atoms with Crippen LogP contribution in [0.4, 0.5) is 0 Å². The summed E-state index contributed by atoms with van der Waals surface area (Å²) in [7, 11) is -1.96. The molecule has 0 aromatic rings. The lowest BCUT2D eigenvalue weighted by Crippen LogP contribution is -2.35. The van der Waals surface area contributed by atoms with E-state index in [9.17, 15) is 0 Å². The quantitative estimate of drug-likeness (QED) is 0.190. The zero-order valence-corrected chi connectivity index (χ0v) is 19.1. The number of unbranched alkanes of at least 4 members (excludes halogenated alkanes) is 6. The van der Waals surface area contributed by atoms with Crippen molar-refractivity contribution in [2.45, 2.75) is 112 Å². The molecule has 0 saturated carbocycles. The third-order valence-electron chi connectivity index (χ3n) is 5.06. The number of hydrogen-bond acceptors (Lipinski definition) is 3. The molecule has 4 heteroatoms. The van der Waals surface area contributed by atoms with Gasteiger partial charge in [0, 0.05) is 19.8 Å². The molecule has 0 aliphatic rings. The molecule has 0 heterocycles. The fourth-order valence-corrected chi connectivity index (χ4v) is 4.83. The topological polar surface area (TPSA) is 27.7 Å². The van der Waals surface area contributed by atoms with Gasteiger partial charge in [-0.2, -0.15) is 0 Å². The Morgan fingerprint density at radius 1 is 0.560 bits per heavy atom. The summed E-state index contributed by atoms with van der Waals surface area (Å²) in [5, 5.41) is 0. The molecular weight excluding hydrogens is 328 g/mol. The Balaban J connectivity index is 4.88. The van der Waals surface area contributed by atoms with Gasteiger partial charge in [-0.15, -0.1) is 0 Å². The molecule has 3 nitrogen and oxygen atoms in total. The SMILES string of the molecule is CCCCCC(CCCCC)(CCCCC)CO[SiH](OCC)OCC. The van der Waals surface area contributed by atoms with Crippen molar-refractivity contribution in [3.8, 4) is 0 Å². The fraction of sp³-hybridized carbons (Fsp3) is 1.00. The Kier molecular flexibility index (Phi) is 17.6. The second-order valence-corrected chi connectivity index (χ2v) is 8.96. The lowest BCUT2D eigenvalue weighted by molar-refractivity contribution is 0.0381. The second kappa shape index (κ2) is 17.5. The van der Waals surface area contributed by atoms with Gasteiger partial charge in [0.25, 0.3) is 0 Å². The van der Waals surface area contributed by atoms with Gasteiger partial charge >= 0.3 is 9.53 Å². The van der Waals surface area contributed by atoms with Gasteiger partial charge in [-0.1, -0.05) is 78.6 Å². The Bertz CT molecular complexity index is 241. The van der Waals surface area contributed by atoms with Crippen LogP contribution in [0, 0.1) is 5.41 Å². The summed E-state index contributed by atoms with van der Waals surface area (Å²) in [5.41, 5.74) is 0.332. The molecule has 0 fully saturated rings. The maximum atomic E-state index is 6.27. The van der Waals surface area contributed by atoms with Crippen molar-refractivity contribution >= 4 is 9.53 Å². The van der Waals surface area contributed by atoms with E-state index in [1.807, 2.05) is 13.8 Å². The third-order valence-corrected chi connectivity index (χ3v) is 6.71. The summed E-state index contributed by atoms with van der Waals surface area (Å²) in [6.45, 7) is 13.1. The van der Waals surface area contributed by atoms with E-state index in [4.69, 9.17) is 13.3 Å². The Morgan fingerprint density at radius 3 is 1.28 bits per heavy atom. The van der Waals surface area contributed by atoms with E-state index in [2.05, 4.69) is 20.8 Å². The average molecular weight is 375 g/mol. The summed E-state index contributed by atoms with van der Waals surface area (Å²) in [6, 6.07) is 0. The fourth-order valence-electron chi connectivity index (χ4n) is 3.50. The zero-order chi connectivity index (χ0) is 18.8. The molecule has 0 aromatic carbocycles. The molecule has 0 radical (unpaired) electrons. The summed E-state index contributed by atoms with van der Waals surface area (Å²) in [6.07, 6.45) is 15.7. The third kappa shape index (κ3) is 13.0. The smallest absolute Gasteiger partial charge is 0.376 e. The molecule has 0 spiro atoms. The first-order chi connectivity index (χ1) is 12.2. The van der Waals surface area contributed by atoms with Gasteiger partial charge < -0.3 is 13.3 Å². The minimum Gasteiger partial charge on any atom is -0.376 e. The first kappa shape index (κ1) is 25.1. The lowest BCUT2D eigenvalue weighted by Gasteiger charge is -2.35. The van der Waals surface area contributed by atoms with E-state index in [1.54, 1.807) is 0 Å². The molecule has 152 valence electrons. The van der Waals surface area contributed by atoms with Crippen LogP contribution in [0.5, 0.6) is 0 Å². The lowest BCUT2D eigenvalue weighted by atomic mass is 9.75. The molecule has 0 bridgehead atoms. The minimum atomic E-state index is -1.96. The van der Waals surface area contributed by atoms with Crippen molar-refractivity contribution in [2.24, 2.45) is 5.41 Å². The number of hydrogen-bond donors (Lipinski definition) is 0. The predicted octanol–water partition coefficient (Wildman–Crippen LogP) is 6.52. The van der Waals surface area contributed by atoms with Crippen LogP contribution in [0.2, 0.25) is 0 Å². The van der Waals surface area contributed by atoms with Crippen LogP contribution < -0.4 is 0 Å². The average Bonchev–Trinajstić information content (AvgIpc) is 2.61. The highest BCUT2D eigenvalue weighted by Crippen LogP contribution is 2.38. The van der Waals surface area contributed by atoms with Gasteiger partial charge in [0.05, 0.1) is 0 Å². The summed E-state index contributed by atoms with van der Waals surface area (Å²) in [4.78, 5) is 0. The highest BCUT2D eigenvalue weighted by Gasteiger charge is 2.31. The second-order valence-electron chi connectivity index (χ2n) is 7.38. The maximum Gasteiger partial charge on any atom is 0.484 e. The van der Waals surface area contributed by atoms with E-state index in [0.717, 1.165) is 6.61 Å². The van der Waals surface area contributed by atoms with Crippen LogP contribution in [0.1, 0.15) is 112 Å². The van der Waals surface area contributed by atoms with Crippen LogP contribution in [-0.4, -0.2) is 29.3 Å². The van der Waals surface area contributed by atoms with Crippen LogP contribution in [0.25, 0.3) is 0 Å². The van der Waals surface area contributed by atoms with Crippen molar-refractivity contribution in [3.63, 3.8) is 0 Å². The van der Waals surface area contributed by atoms with Crippen molar-refractivity contribution < 1.29 is 13.3 Å². The Hall–Kier alpha value is 0.0969. The standard InChI is InChI=1S/C21H46O3Si/c1-6-11-14-17-21(18-15-12-7-2,19-16-13-8-3)20-24-25(22-9-4)23-10-5/h25H,6-20H2,1-5H3. The minimum absolute atomic E-state index is 0.332. The molecule has 0 aliphatic heterocycles. The summed E-state index contributed by atoms with van der Waals surface area (Å²) >= 11 is 0. The zero-order valence-electron chi connectivity index (χ0n) is 17.9. The molecule has 0 rings (SSSR count). The molecule has 0 saturated heterocycles. The van der Waals surface area contributed by atoms with Crippen LogP contribution in [-0.2, 0) is 13.3 Å². The van der Waals surface area contributed by atoms with E-state index in [-0.39, 0.29) is 0 Å². The first-order valence-corrected chi connectivity index (χ1v) is 12.4.